The minimum atomic E-state index is -4.17. The molecule has 0 aliphatic rings. The molecule has 7 heteroatoms. The summed E-state index contributed by atoms with van der Waals surface area (Å²) in [6.07, 6.45) is 1.10. The summed E-state index contributed by atoms with van der Waals surface area (Å²) in [5, 5.41) is 4.46. The van der Waals surface area contributed by atoms with E-state index in [1.165, 1.54) is 0 Å². The third-order valence-electron chi connectivity index (χ3n) is 3.79. The fourth-order valence-corrected chi connectivity index (χ4v) is 4.14. The standard InChI is InChI=1S/C17H20Cl2NO3P/c1-3-12-14(18)9-15(19)13(4-2)17(12)20-16-8-6-5-7-11(16)10-24(21,22)23/h5-9,20H,3-4,10H2,1-2H3,(H2,21,22,23). The number of anilines is 2. The summed E-state index contributed by atoms with van der Waals surface area (Å²) in [7, 11) is -4.17. The normalized spacial score (nSPS) is 11.6. The van der Waals surface area contributed by atoms with Crippen molar-refractivity contribution in [1.29, 1.82) is 0 Å². The van der Waals surface area contributed by atoms with E-state index in [1.54, 1.807) is 24.3 Å². The van der Waals surface area contributed by atoms with Crippen LogP contribution in [0.3, 0.4) is 0 Å². The molecule has 0 unspecified atom stereocenters. The molecule has 2 aromatic carbocycles. The van der Waals surface area contributed by atoms with Crippen molar-refractivity contribution in [1.82, 2.24) is 0 Å². The van der Waals surface area contributed by atoms with E-state index < -0.39 is 7.60 Å². The molecule has 4 nitrogen and oxygen atoms in total. The Kier molecular flexibility index (Phi) is 6.35. The minimum absolute atomic E-state index is 0.326. The summed E-state index contributed by atoms with van der Waals surface area (Å²) in [6, 6.07) is 8.80. The van der Waals surface area contributed by atoms with Gasteiger partial charge in [0.05, 0.1) is 6.16 Å². The molecule has 24 heavy (non-hydrogen) atoms. The van der Waals surface area contributed by atoms with Gasteiger partial charge in [-0.05, 0) is 41.7 Å². The van der Waals surface area contributed by atoms with Crippen molar-refractivity contribution in [2.75, 3.05) is 5.32 Å². The predicted octanol–water partition coefficient (Wildman–Crippen LogP) is 5.54. The summed E-state index contributed by atoms with van der Waals surface area (Å²) >= 11 is 12.7. The molecule has 2 aromatic rings. The molecule has 0 aliphatic carbocycles. The third kappa shape index (κ3) is 4.53. The lowest BCUT2D eigenvalue weighted by atomic mass is 10.0. The molecule has 130 valence electrons. The smallest absolute Gasteiger partial charge is 0.329 e. The van der Waals surface area contributed by atoms with Gasteiger partial charge >= 0.3 is 7.60 Å². The van der Waals surface area contributed by atoms with Crippen molar-refractivity contribution in [3.63, 3.8) is 0 Å². The molecule has 0 bridgehead atoms. The van der Waals surface area contributed by atoms with Crippen molar-refractivity contribution < 1.29 is 14.4 Å². The Morgan fingerprint density at radius 1 is 1.04 bits per heavy atom. The number of para-hydroxylation sites is 1. The van der Waals surface area contributed by atoms with Crippen molar-refractivity contribution >= 4 is 42.2 Å². The Bertz CT molecular complexity index is 761. The van der Waals surface area contributed by atoms with Gasteiger partial charge in [0.2, 0.25) is 0 Å². The molecule has 0 saturated heterocycles. The molecule has 0 aliphatic heterocycles. The van der Waals surface area contributed by atoms with Crippen LogP contribution in [-0.4, -0.2) is 9.79 Å². The molecule has 0 amide bonds. The van der Waals surface area contributed by atoms with Crippen LogP contribution in [0.1, 0.15) is 30.5 Å². The number of benzene rings is 2. The van der Waals surface area contributed by atoms with Crippen LogP contribution < -0.4 is 5.32 Å². The van der Waals surface area contributed by atoms with Gasteiger partial charge in [-0.1, -0.05) is 55.2 Å². The van der Waals surface area contributed by atoms with Gasteiger partial charge in [-0.2, -0.15) is 0 Å². The molecule has 0 aromatic heterocycles. The first-order valence-corrected chi connectivity index (χ1v) is 10.2. The van der Waals surface area contributed by atoms with E-state index in [9.17, 15) is 14.4 Å². The van der Waals surface area contributed by atoms with Crippen molar-refractivity contribution in [2.45, 2.75) is 32.9 Å². The largest absolute Gasteiger partial charge is 0.355 e. The predicted molar refractivity (Wildman–Crippen MR) is 101 cm³/mol. The molecular weight excluding hydrogens is 368 g/mol. The highest BCUT2D eigenvalue weighted by Crippen LogP contribution is 2.42. The second kappa shape index (κ2) is 7.90. The van der Waals surface area contributed by atoms with Crippen LogP contribution in [0.15, 0.2) is 30.3 Å². The van der Waals surface area contributed by atoms with Crippen molar-refractivity contribution in [2.24, 2.45) is 0 Å². The molecule has 0 heterocycles. The fourth-order valence-electron chi connectivity index (χ4n) is 2.69. The molecule has 0 radical (unpaired) electrons. The van der Waals surface area contributed by atoms with Gasteiger partial charge in [-0.3, -0.25) is 4.57 Å². The second-order valence-electron chi connectivity index (χ2n) is 5.48. The Morgan fingerprint density at radius 3 is 2.08 bits per heavy atom. The summed E-state index contributed by atoms with van der Waals surface area (Å²) in [5.41, 5.74) is 3.87. The molecule has 0 spiro atoms. The summed E-state index contributed by atoms with van der Waals surface area (Å²) in [6.45, 7) is 4.00. The zero-order valence-electron chi connectivity index (χ0n) is 13.5. The van der Waals surface area contributed by atoms with E-state index in [2.05, 4.69) is 5.32 Å². The number of hydrogen-bond acceptors (Lipinski definition) is 2. The highest BCUT2D eigenvalue weighted by Gasteiger charge is 2.19. The zero-order valence-corrected chi connectivity index (χ0v) is 15.9. The van der Waals surface area contributed by atoms with E-state index in [0.29, 0.717) is 34.1 Å². The molecular formula is C17H20Cl2NO3P. The van der Waals surface area contributed by atoms with Gasteiger partial charge in [0.25, 0.3) is 0 Å². The first kappa shape index (κ1) is 19.3. The summed E-state index contributed by atoms with van der Waals surface area (Å²) in [5.74, 6) is 0. The molecule has 0 fully saturated rings. The van der Waals surface area contributed by atoms with E-state index in [4.69, 9.17) is 23.2 Å². The maximum atomic E-state index is 11.4. The average Bonchev–Trinajstić information content (AvgIpc) is 2.48. The lowest BCUT2D eigenvalue weighted by Crippen LogP contribution is -2.04. The van der Waals surface area contributed by atoms with Crippen molar-refractivity contribution in [3.8, 4) is 0 Å². The van der Waals surface area contributed by atoms with Crippen LogP contribution in [0.5, 0.6) is 0 Å². The van der Waals surface area contributed by atoms with E-state index in [-0.39, 0.29) is 6.16 Å². The summed E-state index contributed by atoms with van der Waals surface area (Å²) < 4.78 is 11.4. The quantitative estimate of drug-likeness (QED) is 0.569. The minimum Gasteiger partial charge on any atom is -0.355 e. The maximum absolute atomic E-state index is 11.4. The monoisotopic (exact) mass is 387 g/mol. The average molecular weight is 388 g/mol. The van der Waals surface area contributed by atoms with E-state index in [1.807, 2.05) is 19.9 Å². The highest BCUT2D eigenvalue weighted by molar-refractivity contribution is 7.50. The number of rotatable bonds is 6. The van der Waals surface area contributed by atoms with Crippen LogP contribution in [0.2, 0.25) is 10.0 Å². The summed E-state index contributed by atoms with van der Waals surface area (Å²) in [4.78, 5) is 18.6. The van der Waals surface area contributed by atoms with Gasteiger partial charge < -0.3 is 15.1 Å². The fraction of sp³-hybridized carbons (Fsp3) is 0.294. The SMILES string of the molecule is CCc1c(Cl)cc(Cl)c(CC)c1Nc1ccccc1CP(=O)(O)O. The number of nitrogens with one attached hydrogen (secondary N) is 1. The Balaban J connectivity index is 2.55. The van der Waals surface area contributed by atoms with Crippen molar-refractivity contribution in [3.05, 3.63) is 57.1 Å². The third-order valence-corrected chi connectivity index (χ3v) is 5.22. The zero-order chi connectivity index (χ0) is 17.9. The Labute approximate surface area is 152 Å². The Morgan fingerprint density at radius 2 is 1.58 bits per heavy atom. The second-order valence-corrected chi connectivity index (χ2v) is 7.94. The Hall–Kier alpha value is -1.03. The maximum Gasteiger partial charge on any atom is 0.329 e. The highest BCUT2D eigenvalue weighted by atomic mass is 35.5. The van der Waals surface area contributed by atoms with Gasteiger partial charge in [0, 0.05) is 21.4 Å². The topological polar surface area (TPSA) is 69.6 Å². The first-order chi connectivity index (χ1) is 11.3. The number of hydrogen-bond donors (Lipinski definition) is 3. The van der Waals surface area contributed by atoms with E-state index in [0.717, 1.165) is 16.8 Å². The molecule has 3 N–H and O–H groups in total. The van der Waals surface area contributed by atoms with Gasteiger partial charge in [0.15, 0.2) is 0 Å². The molecule has 0 atom stereocenters. The lowest BCUT2D eigenvalue weighted by molar-refractivity contribution is 0.372. The van der Waals surface area contributed by atoms with Gasteiger partial charge in [-0.25, -0.2) is 0 Å². The molecule has 0 saturated carbocycles. The van der Waals surface area contributed by atoms with Gasteiger partial charge in [-0.15, -0.1) is 0 Å². The van der Waals surface area contributed by atoms with E-state index >= 15 is 0 Å². The van der Waals surface area contributed by atoms with Crippen LogP contribution in [0, 0.1) is 0 Å². The van der Waals surface area contributed by atoms with Crippen LogP contribution >= 0.6 is 30.8 Å². The van der Waals surface area contributed by atoms with Crippen LogP contribution in [0.4, 0.5) is 11.4 Å². The number of halogens is 2. The lowest BCUT2D eigenvalue weighted by Gasteiger charge is -2.20. The van der Waals surface area contributed by atoms with Crippen LogP contribution in [0.25, 0.3) is 0 Å². The first-order valence-electron chi connectivity index (χ1n) is 7.66. The van der Waals surface area contributed by atoms with Gasteiger partial charge in [0.1, 0.15) is 0 Å². The van der Waals surface area contributed by atoms with Crippen LogP contribution in [-0.2, 0) is 23.6 Å². The molecule has 2 rings (SSSR count).